The Hall–Kier alpha value is -3.49. The number of amides is 1. The van der Waals surface area contributed by atoms with Gasteiger partial charge in [0.2, 0.25) is 0 Å². The number of halogens is 3. The van der Waals surface area contributed by atoms with E-state index in [9.17, 15) is 18.0 Å². The third-order valence-electron chi connectivity index (χ3n) is 7.48. The van der Waals surface area contributed by atoms with Crippen LogP contribution in [-0.4, -0.2) is 53.6 Å². The number of methoxy groups -OCH3 is 1. The molecule has 0 N–H and O–H groups in total. The van der Waals surface area contributed by atoms with Crippen molar-refractivity contribution in [2.24, 2.45) is 0 Å². The van der Waals surface area contributed by atoms with Crippen LogP contribution in [0.4, 0.5) is 18.9 Å². The van der Waals surface area contributed by atoms with Gasteiger partial charge in [-0.1, -0.05) is 18.2 Å². The lowest BCUT2D eigenvalue weighted by atomic mass is 9.89. The maximum Gasteiger partial charge on any atom is 0.416 e. The van der Waals surface area contributed by atoms with Gasteiger partial charge in [-0.25, -0.2) is 4.98 Å². The van der Waals surface area contributed by atoms with Gasteiger partial charge in [0.25, 0.3) is 5.91 Å². The first-order valence-electron chi connectivity index (χ1n) is 12.6. The molecule has 0 saturated carbocycles. The van der Waals surface area contributed by atoms with Crippen molar-refractivity contribution in [3.8, 4) is 5.75 Å². The van der Waals surface area contributed by atoms with Crippen LogP contribution >= 0.6 is 0 Å². The van der Waals surface area contributed by atoms with Gasteiger partial charge in [0.05, 0.1) is 12.7 Å². The van der Waals surface area contributed by atoms with Crippen LogP contribution in [0.1, 0.15) is 50.9 Å². The Morgan fingerprint density at radius 1 is 1.05 bits per heavy atom. The Morgan fingerprint density at radius 2 is 1.76 bits per heavy atom. The molecule has 2 aliphatic heterocycles. The predicted molar refractivity (Wildman–Crippen MR) is 135 cm³/mol. The topological polar surface area (TPSA) is 50.6 Å². The number of nitrogens with zero attached hydrogens (tertiary/aromatic N) is 4. The monoisotopic (exact) mass is 512 g/mol. The standard InChI is InChI=1S/C28H31F3N4O2/c1-18-13-21(14-19(2)26(18)37-3)20-7-8-25-32-24(17-35(25)16-20)27(36)34-11-9-33(10-12-34)23-6-4-5-22(15-23)28(29,30)31/h4-6,13-15,17,20H,7-12,16H2,1-3H3. The highest BCUT2D eigenvalue weighted by atomic mass is 19.4. The Balaban J connectivity index is 1.24. The van der Waals surface area contributed by atoms with Crippen molar-refractivity contribution in [2.45, 2.75) is 45.3 Å². The van der Waals surface area contributed by atoms with E-state index >= 15 is 0 Å². The van der Waals surface area contributed by atoms with Gasteiger partial charge in [0.15, 0.2) is 0 Å². The molecule has 6 nitrogen and oxygen atoms in total. The summed E-state index contributed by atoms with van der Waals surface area (Å²) in [7, 11) is 1.69. The molecule has 2 aliphatic rings. The lowest BCUT2D eigenvalue weighted by molar-refractivity contribution is -0.137. The minimum Gasteiger partial charge on any atom is -0.496 e. The van der Waals surface area contributed by atoms with Gasteiger partial charge in [-0.05, 0) is 55.2 Å². The molecule has 3 aromatic rings. The summed E-state index contributed by atoms with van der Waals surface area (Å²) < 4.78 is 46.9. The third-order valence-corrected chi connectivity index (χ3v) is 7.48. The van der Waals surface area contributed by atoms with Crippen molar-refractivity contribution in [1.29, 1.82) is 0 Å². The number of fused-ring (bicyclic) bond motifs is 1. The van der Waals surface area contributed by atoms with Crippen LogP contribution in [0.15, 0.2) is 42.6 Å². The van der Waals surface area contributed by atoms with Gasteiger partial charge in [-0.2, -0.15) is 13.2 Å². The second kappa shape index (κ2) is 9.76. The number of piperazine rings is 1. The van der Waals surface area contributed by atoms with E-state index in [0.717, 1.165) is 48.2 Å². The second-order valence-corrected chi connectivity index (χ2v) is 9.95. The summed E-state index contributed by atoms with van der Waals surface area (Å²) in [5, 5.41) is 0. The number of ether oxygens (including phenoxy) is 1. The second-order valence-electron chi connectivity index (χ2n) is 9.95. The van der Waals surface area contributed by atoms with E-state index in [1.807, 2.05) is 11.1 Å². The van der Waals surface area contributed by atoms with Crippen LogP contribution in [-0.2, 0) is 19.1 Å². The molecule has 1 atom stereocenters. The van der Waals surface area contributed by atoms with Crippen molar-refractivity contribution in [3.05, 3.63) is 76.4 Å². The molecule has 0 bridgehead atoms. The number of hydrogen-bond donors (Lipinski definition) is 0. The van der Waals surface area contributed by atoms with Crippen molar-refractivity contribution < 1.29 is 22.7 Å². The summed E-state index contributed by atoms with van der Waals surface area (Å²) >= 11 is 0. The van der Waals surface area contributed by atoms with Gasteiger partial charge in [0.1, 0.15) is 17.3 Å². The molecule has 1 amide bonds. The molecule has 37 heavy (non-hydrogen) atoms. The molecular formula is C28H31F3N4O2. The number of hydrogen-bond acceptors (Lipinski definition) is 4. The fraction of sp³-hybridized carbons (Fsp3) is 0.429. The molecule has 0 aliphatic carbocycles. The van der Waals surface area contributed by atoms with Gasteiger partial charge < -0.3 is 19.1 Å². The highest BCUT2D eigenvalue weighted by Gasteiger charge is 2.32. The normalized spacial score (nSPS) is 18.1. The van der Waals surface area contributed by atoms with Crippen molar-refractivity contribution in [2.75, 3.05) is 38.2 Å². The van der Waals surface area contributed by atoms with Gasteiger partial charge in [-0.15, -0.1) is 0 Å². The molecule has 196 valence electrons. The SMILES string of the molecule is COc1c(C)cc(C2CCc3nc(C(=O)N4CCN(c5cccc(C(F)(F)F)c5)CC4)cn3C2)cc1C. The number of alkyl halides is 3. The average Bonchev–Trinajstić information content (AvgIpc) is 3.31. The molecule has 2 aromatic carbocycles. The molecule has 3 heterocycles. The molecule has 1 fully saturated rings. The van der Waals surface area contributed by atoms with E-state index in [-0.39, 0.29) is 5.91 Å². The van der Waals surface area contributed by atoms with Crippen LogP contribution in [0.5, 0.6) is 5.75 Å². The molecule has 9 heteroatoms. The Bertz CT molecular complexity index is 1290. The van der Waals surface area contributed by atoms with E-state index in [1.165, 1.54) is 17.7 Å². The fourth-order valence-electron chi connectivity index (χ4n) is 5.57. The Labute approximate surface area is 214 Å². The summed E-state index contributed by atoms with van der Waals surface area (Å²) in [6.45, 7) is 6.70. The van der Waals surface area contributed by atoms with Crippen LogP contribution in [0, 0.1) is 13.8 Å². The molecule has 1 saturated heterocycles. The first-order chi connectivity index (χ1) is 17.6. The van der Waals surface area contributed by atoms with Crippen molar-refractivity contribution >= 4 is 11.6 Å². The summed E-state index contributed by atoms with van der Waals surface area (Å²) in [4.78, 5) is 21.5. The summed E-state index contributed by atoms with van der Waals surface area (Å²) in [5.74, 6) is 2.05. The minimum atomic E-state index is -4.38. The zero-order valence-electron chi connectivity index (χ0n) is 21.3. The number of anilines is 1. The third kappa shape index (κ3) is 5.04. The number of imidazole rings is 1. The van der Waals surface area contributed by atoms with Gasteiger partial charge in [0, 0.05) is 56.9 Å². The van der Waals surface area contributed by atoms with Gasteiger partial charge >= 0.3 is 6.18 Å². The van der Waals surface area contributed by atoms with Crippen LogP contribution in [0.3, 0.4) is 0 Å². The minimum absolute atomic E-state index is 0.127. The Morgan fingerprint density at radius 3 is 2.41 bits per heavy atom. The van der Waals surface area contributed by atoms with E-state index in [1.54, 1.807) is 18.1 Å². The van der Waals surface area contributed by atoms with Gasteiger partial charge in [-0.3, -0.25) is 4.79 Å². The van der Waals surface area contributed by atoms with E-state index in [0.29, 0.717) is 43.5 Å². The molecule has 1 aromatic heterocycles. The zero-order valence-corrected chi connectivity index (χ0v) is 21.3. The maximum absolute atomic E-state index is 13.2. The number of aromatic nitrogens is 2. The smallest absolute Gasteiger partial charge is 0.416 e. The predicted octanol–water partition coefficient (Wildman–Crippen LogP) is 5.22. The van der Waals surface area contributed by atoms with Crippen LogP contribution < -0.4 is 9.64 Å². The molecular weight excluding hydrogens is 481 g/mol. The largest absolute Gasteiger partial charge is 0.496 e. The zero-order chi connectivity index (χ0) is 26.3. The quantitative estimate of drug-likeness (QED) is 0.481. The highest BCUT2D eigenvalue weighted by Crippen LogP contribution is 2.34. The highest BCUT2D eigenvalue weighted by molar-refractivity contribution is 5.92. The number of carbonyl (C=O) groups excluding carboxylic acids is 1. The summed E-state index contributed by atoms with van der Waals surface area (Å²) in [6, 6.07) is 9.72. The first kappa shape index (κ1) is 25.2. The average molecular weight is 513 g/mol. The van der Waals surface area contributed by atoms with Crippen molar-refractivity contribution in [3.63, 3.8) is 0 Å². The first-order valence-corrected chi connectivity index (χ1v) is 12.6. The van der Waals surface area contributed by atoms with E-state index in [4.69, 9.17) is 4.74 Å². The van der Waals surface area contributed by atoms with Crippen LogP contribution in [0.25, 0.3) is 0 Å². The number of carbonyl (C=O) groups is 1. The lowest BCUT2D eigenvalue weighted by Gasteiger charge is -2.36. The summed E-state index contributed by atoms with van der Waals surface area (Å²) in [6.07, 6.45) is -0.763. The lowest BCUT2D eigenvalue weighted by Crippen LogP contribution is -2.49. The van der Waals surface area contributed by atoms with Crippen molar-refractivity contribution in [1.82, 2.24) is 14.5 Å². The van der Waals surface area contributed by atoms with E-state index < -0.39 is 11.7 Å². The Kier molecular flexibility index (Phi) is 6.64. The number of rotatable bonds is 4. The summed E-state index contributed by atoms with van der Waals surface area (Å²) in [5.41, 5.74) is 3.81. The fourth-order valence-corrected chi connectivity index (χ4v) is 5.57. The van der Waals surface area contributed by atoms with Crippen LogP contribution in [0.2, 0.25) is 0 Å². The molecule has 0 radical (unpaired) electrons. The maximum atomic E-state index is 13.2. The molecule has 1 unspecified atom stereocenters. The molecule has 0 spiro atoms. The molecule has 5 rings (SSSR count). The van der Waals surface area contributed by atoms with E-state index in [2.05, 4.69) is 35.5 Å². The number of benzene rings is 2. The number of aryl methyl sites for hydroxylation is 3.